The summed E-state index contributed by atoms with van der Waals surface area (Å²) in [5.41, 5.74) is 0.872. The molecule has 0 unspecified atom stereocenters. The molecular weight excluding hydrogens is 374 g/mol. The molecule has 0 bridgehead atoms. The summed E-state index contributed by atoms with van der Waals surface area (Å²) in [5, 5.41) is 14.8. The van der Waals surface area contributed by atoms with Crippen molar-refractivity contribution in [1.82, 2.24) is 5.32 Å². The van der Waals surface area contributed by atoms with Crippen molar-refractivity contribution in [2.75, 3.05) is 31.2 Å². The van der Waals surface area contributed by atoms with Gasteiger partial charge in [0.25, 0.3) is 11.6 Å². The monoisotopic (exact) mass is 403 g/mol. The number of amides is 1. The lowest BCUT2D eigenvalue weighted by Gasteiger charge is -2.38. The van der Waals surface area contributed by atoms with E-state index in [0.717, 1.165) is 25.7 Å². The first-order valence-electron chi connectivity index (χ1n) is 10.7. The summed E-state index contributed by atoms with van der Waals surface area (Å²) in [7, 11) is 0. The Balaban J connectivity index is 1.46. The number of benzene rings is 1. The molecule has 8 nitrogen and oxygen atoms in total. The van der Waals surface area contributed by atoms with Crippen LogP contribution in [0.1, 0.15) is 61.7 Å². The second-order valence-corrected chi connectivity index (χ2v) is 8.22. The number of hydrogen-bond acceptors (Lipinski definition) is 6. The SMILES string of the molecule is O=C(NC1CCCCCC1)c1ccc(N2CCC3(CC2)OCCO3)c([N+](=O)[O-])c1. The average Bonchev–Trinajstić information content (AvgIpc) is 3.02. The van der Waals surface area contributed by atoms with Gasteiger partial charge in [-0.05, 0) is 25.0 Å². The predicted octanol–water partition coefficient (Wildman–Crippen LogP) is 3.39. The molecule has 29 heavy (non-hydrogen) atoms. The number of ether oxygens (including phenoxy) is 2. The van der Waals surface area contributed by atoms with Crippen molar-refractivity contribution in [2.24, 2.45) is 0 Å². The molecular formula is C21H29N3O5. The van der Waals surface area contributed by atoms with Crippen molar-refractivity contribution in [1.29, 1.82) is 0 Å². The number of hydrogen-bond donors (Lipinski definition) is 1. The number of nitro groups is 1. The maximum Gasteiger partial charge on any atom is 0.293 e. The second kappa shape index (κ2) is 8.67. The number of carbonyl (C=O) groups excluding carboxylic acids is 1. The maximum absolute atomic E-state index is 12.7. The third-order valence-electron chi connectivity index (χ3n) is 6.30. The molecule has 3 fully saturated rings. The number of anilines is 1. The molecule has 1 aliphatic carbocycles. The summed E-state index contributed by atoms with van der Waals surface area (Å²) in [5.74, 6) is -0.749. The lowest BCUT2D eigenvalue weighted by Crippen LogP contribution is -2.45. The summed E-state index contributed by atoms with van der Waals surface area (Å²) >= 11 is 0. The van der Waals surface area contributed by atoms with Gasteiger partial charge in [-0.2, -0.15) is 0 Å². The van der Waals surface area contributed by atoms with Crippen LogP contribution in [0.25, 0.3) is 0 Å². The lowest BCUT2D eigenvalue weighted by atomic mass is 10.0. The highest BCUT2D eigenvalue weighted by Crippen LogP contribution is 2.36. The van der Waals surface area contributed by atoms with E-state index in [1.54, 1.807) is 12.1 Å². The number of carbonyl (C=O) groups is 1. The third kappa shape index (κ3) is 4.53. The molecule has 0 atom stereocenters. The lowest BCUT2D eigenvalue weighted by molar-refractivity contribution is -0.384. The van der Waals surface area contributed by atoms with E-state index in [1.165, 1.54) is 18.9 Å². The van der Waals surface area contributed by atoms with Crippen LogP contribution in [-0.4, -0.2) is 49.0 Å². The number of nitrogens with zero attached hydrogens (tertiary/aromatic N) is 2. The molecule has 1 aromatic rings. The maximum atomic E-state index is 12.7. The van der Waals surface area contributed by atoms with Crippen molar-refractivity contribution in [3.8, 4) is 0 Å². The Bertz CT molecular complexity index is 745. The summed E-state index contributed by atoms with van der Waals surface area (Å²) in [6.45, 7) is 2.44. The smallest absolute Gasteiger partial charge is 0.293 e. The predicted molar refractivity (Wildman–Crippen MR) is 108 cm³/mol. The normalized spacial score (nSPS) is 22.4. The molecule has 3 aliphatic rings. The Labute approximate surface area is 170 Å². The van der Waals surface area contributed by atoms with Gasteiger partial charge in [0.2, 0.25) is 0 Å². The molecule has 2 heterocycles. The second-order valence-electron chi connectivity index (χ2n) is 8.22. The van der Waals surface area contributed by atoms with Crippen LogP contribution < -0.4 is 10.2 Å². The molecule has 1 saturated carbocycles. The van der Waals surface area contributed by atoms with Gasteiger partial charge in [-0.15, -0.1) is 0 Å². The quantitative estimate of drug-likeness (QED) is 0.470. The van der Waals surface area contributed by atoms with Gasteiger partial charge in [0.05, 0.1) is 18.1 Å². The molecule has 0 radical (unpaired) electrons. The molecule has 4 rings (SSSR count). The summed E-state index contributed by atoms with van der Waals surface area (Å²) in [4.78, 5) is 26.0. The minimum atomic E-state index is -0.524. The number of nitrogens with one attached hydrogen (secondary N) is 1. The van der Waals surface area contributed by atoms with E-state index in [4.69, 9.17) is 9.47 Å². The third-order valence-corrected chi connectivity index (χ3v) is 6.30. The first kappa shape index (κ1) is 20.1. The van der Waals surface area contributed by atoms with Crippen molar-refractivity contribution in [3.63, 3.8) is 0 Å². The van der Waals surface area contributed by atoms with Crippen LogP contribution in [0.5, 0.6) is 0 Å². The van der Waals surface area contributed by atoms with Gasteiger partial charge in [-0.25, -0.2) is 0 Å². The van der Waals surface area contributed by atoms with Crippen LogP contribution in [0.2, 0.25) is 0 Å². The number of piperidine rings is 1. The van der Waals surface area contributed by atoms with Crippen LogP contribution in [0.15, 0.2) is 18.2 Å². The Morgan fingerprint density at radius 3 is 2.38 bits per heavy atom. The van der Waals surface area contributed by atoms with Crippen LogP contribution in [-0.2, 0) is 9.47 Å². The van der Waals surface area contributed by atoms with Crippen molar-refractivity contribution in [2.45, 2.75) is 63.2 Å². The largest absolute Gasteiger partial charge is 0.366 e. The summed E-state index contributed by atoms with van der Waals surface area (Å²) < 4.78 is 11.5. The summed E-state index contributed by atoms with van der Waals surface area (Å²) in [6, 6.07) is 4.97. The van der Waals surface area contributed by atoms with Crippen molar-refractivity contribution >= 4 is 17.3 Å². The van der Waals surface area contributed by atoms with Crippen LogP contribution in [0, 0.1) is 10.1 Å². The minimum Gasteiger partial charge on any atom is -0.366 e. The van der Waals surface area contributed by atoms with Crippen LogP contribution in [0.4, 0.5) is 11.4 Å². The van der Waals surface area contributed by atoms with Crippen molar-refractivity contribution < 1.29 is 19.2 Å². The van der Waals surface area contributed by atoms with Crippen LogP contribution >= 0.6 is 0 Å². The molecule has 8 heteroatoms. The van der Waals surface area contributed by atoms with Crippen molar-refractivity contribution in [3.05, 3.63) is 33.9 Å². The molecule has 1 amide bonds. The molecule has 158 valence electrons. The topological polar surface area (TPSA) is 93.9 Å². The van der Waals surface area contributed by atoms with Gasteiger partial charge in [0, 0.05) is 43.6 Å². The number of nitro benzene ring substituents is 1. The Kier molecular flexibility index (Phi) is 6.01. The fourth-order valence-corrected chi connectivity index (χ4v) is 4.64. The van der Waals surface area contributed by atoms with Crippen LogP contribution in [0.3, 0.4) is 0 Å². The fraction of sp³-hybridized carbons (Fsp3) is 0.667. The van der Waals surface area contributed by atoms with E-state index < -0.39 is 10.7 Å². The zero-order chi connectivity index (χ0) is 20.3. The highest BCUT2D eigenvalue weighted by molar-refractivity contribution is 5.96. The van der Waals surface area contributed by atoms with E-state index in [1.807, 2.05) is 4.90 Å². The first-order chi connectivity index (χ1) is 14.1. The molecule has 2 saturated heterocycles. The van der Waals surface area contributed by atoms with Gasteiger partial charge < -0.3 is 19.7 Å². The van der Waals surface area contributed by atoms with E-state index >= 15 is 0 Å². The zero-order valence-corrected chi connectivity index (χ0v) is 16.7. The Morgan fingerprint density at radius 1 is 1.10 bits per heavy atom. The van der Waals surface area contributed by atoms with Gasteiger partial charge in [-0.1, -0.05) is 25.7 Å². The molecule has 2 aliphatic heterocycles. The highest BCUT2D eigenvalue weighted by Gasteiger charge is 2.40. The van der Waals surface area contributed by atoms with Gasteiger partial charge in [-0.3, -0.25) is 14.9 Å². The zero-order valence-electron chi connectivity index (χ0n) is 16.7. The number of rotatable bonds is 4. The van der Waals surface area contributed by atoms with E-state index in [0.29, 0.717) is 50.4 Å². The standard InChI is InChI=1S/C21H29N3O5/c25-20(22-17-5-3-1-2-4-6-17)16-7-8-18(19(15-16)24(26)27)23-11-9-21(10-12-23)28-13-14-29-21/h7-8,15,17H,1-6,9-14H2,(H,22,25). The average molecular weight is 403 g/mol. The van der Waals surface area contributed by atoms with E-state index in [9.17, 15) is 14.9 Å². The Hall–Kier alpha value is -2.19. The fourth-order valence-electron chi connectivity index (χ4n) is 4.64. The van der Waals surface area contributed by atoms with Gasteiger partial charge in [0.1, 0.15) is 5.69 Å². The first-order valence-corrected chi connectivity index (χ1v) is 10.7. The van der Waals surface area contributed by atoms with Gasteiger partial charge in [0.15, 0.2) is 5.79 Å². The Morgan fingerprint density at radius 2 is 1.76 bits per heavy atom. The molecule has 1 N–H and O–H groups in total. The van der Waals surface area contributed by atoms with E-state index in [-0.39, 0.29) is 17.6 Å². The highest BCUT2D eigenvalue weighted by atomic mass is 16.7. The van der Waals surface area contributed by atoms with Gasteiger partial charge >= 0.3 is 0 Å². The molecule has 0 aromatic heterocycles. The van der Waals surface area contributed by atoms with E-state index in [2.05, 4.69) is 5.32 Å². The minimum absolute atomic E-state index is 0.0253. The molecule has 1 spiro atoms. The summed E-state index contributed by atoms with van der Waals surface area (Å²) in [6.07, 6.45) is 7.96. The molecule has 1 aromatic carbocycles.